The number of hydrogen-bond donors (Lipinski definition) is 1. The van der Waals surface area contributed by atoms with Gasteiger partial charge in [-0.15, -0.1) is 0 Å². The van der Waals surface area contributed by atoms with Gasteiger partial charge in [0.2, 0.25) is 0 Å². The van der Waals surface area contributed by atoms with E-state index in [1.54, 1.807) is 24.3 Å². The number of carboxylic acid groups (broad SMARTS) is 1. The predicted octanol–water partition coefficient (Wildman–Crippen LogP) is 2.18. The number of halogens is 2. The zero-order chi connectivity index (χ0) is 19.8. The van der Waals surface area contributed by atoms with E-state index in [-0.39, 0.29) is 6.61 Å². The molecule has 0 aliphatic heterocycles. The van der Waals surface area contributed by atoms with Crippen LogP contribution in [-0.4, -0.2) is 31.3 Å². The topological polar surface area (TPSA) is 100 Å². The van der Waals surface area contributed by atoms with E-state index in [1.165, 1.54) is 6.21 Å². The number of nitrogens with one attached hydrogen (secondary N) is 1. The molecule has 0 unspecified atom stereocenters. The highest BCUT2D eigenvalue weighted by Gasteiger charge is 2.10. The van der Waals surface area contributed by atoms with E-state index in [0.29, 0.717) is 17.1 Å². The molecule has 0 aromatic heterocycles. The highest BCUT2D eigenvalue weighted by atomic mass is 79.9. The first-order valence-electron chi connectivity index (χ1n) is 7.69. The summed E-state index contributed by atoms with van der Waals surface area (Å²) in [6.45, 7) is 1.13. The van der Waals surface area contributed by atoms with Gasteiger partial charge in [-0.1, -0.05) is 12.1 Å². The normalized spacial score (nSPS) is 10.6. The van der Waals surface area contributed by atoms with Gasteiger partial charge in [0.25, 0.3) is 5.91 Å². The molecular weight excluding hydrogens is 484 g/mol. The van der Waals surface area contributed by atoms with Crippen LogP contribution in [0.4, 0.5) is 0 Å². The maximum atomic E-state index is 11.9. The molecule has 0 atom stereocenters. The third kappa shape index (κ3) is 6.69. The number of aryl methyl sites for hydroxylation is 1. The molecule has 7 nitrogen and oxygen atoms in total. The SMILES string of the molecule is Cc1cc(Br)c(OCC(=O)NN=Cc2ccccc2OCC(=O)[O-])c(Br)c1. The van der Waals surface area contributed by atoms with Crippen LogP contribution in [0.15, 0.2) is 50.4 Å². The second-order valence-electron chi connectivity index (χ2n) is 5.34. The zero-order valence-corrected chi connectivity index (χ0v) is 17.4. The largest absolute Gasteiger partial charge is 0.546 e. The van der Waals surface area contributed by atoms with Crippen LogP contribution in [-0.2, 0) is 9.59 Å². The van der Waals surface area contributed by atoms with Crippen molar-refractivity contribution in [3.05, 3.63) is 56.5 Å². The Balaban J connectivity index is 1.92. The first-order valence-corrected chi connectivity index (χ1v) is 9.27. The van der Waals surface area contributed by atoms with Crippen molar-refractivity contribution in [3.63, 3.8) is 0 Å². The molecule has 0 fully saturated rings. The summed E-state index contributed by atoms with van der Waals surface area (Å²) < 4.78 is 12.0. The second-order valence-corrected chi connectivity index (χ2v) is 7.05. The lowest BCUT2D eigenvalue weighted by molar-refractivity contribution is -0.307. The van der Waals surface area contributed by atoms with Crippen molar-refractivity contribution >= 4 is 50.0 Å². The maximum absolute atomic E-state index is 11.9. The molecule has 0 heterocycles. The smallest absolute Gasteiger partial charge is 0.277 e. The van der Waals surface area contributed by atoms with Crippen molar-refractivity contribution in [1.29, 1.82) is 0 Å². The lowest BCUT2D eigenvalue weighted by atomic mass is 10.2. The van der Waals surface area contributed by atoms with Gasteiger partial charge >= 0.3 is 0 Å². The number of ether oxygens (including phenoxy) is 2. The number of nitrogens with zero attached hydrogens (tertiary/aromatic N) is 1. The number of carboxylic acids is 1. The van der Waals surface area contributed by atoms with Crippen LogP contribution >= 0.6 is 31.9 Å². The summed E-state index contributed by atoms with van der Waals surface area (Å²) >= 11 is 6.78. The quantitative estimate of drug-likeness (QED) is 0.444. The van der Waals surface area contributed by atoms with Gasteiger partial charge in [-0.05, 0) is 68.6 Å². The Bertz CT molecular complexity index is 848. The van der Waals surface area contributed by atoms with Crippen molar-refractivity contribution in [2.24, 2.45) is 5.10 Å². The molecule has 0 aliphatic carbocycles. The second kappa shape index (κ2) is 10.1. The lowest BCUT2D eigenvalue weighted by Gasteiger charge is -2.10. The number of amides is 1. The molecular formula is C18H15Br2N2O5-. The molecule has 9 heteroatoms. The summed E-state index contributed by atoms with van der Waals surface area (Å²) in [7, 11) is 0. The third-order valence-corrected chi connectivity index (χ3v) is 4.33. The van der Waals surface area contributed by atoms with E-state index in [2.05, 4.69) is 42.4 Å². The summed E-state index contributed by atoms with van der Waals surface area (Å²) in [6.07, 6.45) is 1.35. The molecule has 142 valence electrons. The highest BCUT2D eigenvalue weighted by Crippen LogP contribution is 2.34. The number of rotatable bonds is 8. The third-order valence-electron chi connectivity index (χ3n) is 3.15. The van der Waals surface area contributed by atoms with Crippen LogP contribution in [0, 0.1) is 6.92 Å². The van der Waals surface area contributed by atoms with Gasteiger partial charge in [0, 0.05) is 5.56 Å². The van der Waals surface area contributed by atoms with Crippen LogP contribution in [0.2, 0.25) is 0 Å². The van der Waals surface area contributed by atoms with E-state index in [4.69, 9.17) is 9.47 Å². The minimum absolute atomic E-state index is 0.236. The van der Waals surface area contributed by atoms with E-state index >= 15 is 0 Å². The molecule has 0 aliphatic rings. The minimum Gasteiger partial charge on any atom is -0.546 e. The Morgan fingerprint density at radius 3 is 2.48 bits per heavy atom. The van der Waals surface area contributed by atoms with Gasteiger partial charge in [-0.2, -0.15) is 5.10 Å². The van der Waals surface area contributed by atoms with Crippen LogP contribution < -0.4 is 20.0 Å². The Labute approximate surface area is 172 Å². The Kier molecular flexibility index (Phi) is 7.81. The molecule has 0 radical (unpaired) electrons. The lowest BCUT2D eigenvalue weighted by Crippen LogP contribution is -2.29. The number of para-hydroxylation sites is 1. The molecule has 2 rings (SSSR count). The fourth-order valence-electron chi connectivity index (χ4n) is 2.02. The van der Waals surface area contributed by atoms with Gasteiger partial charge < -0.3 is 19.4 Å². The molecule has 1 N–H and O–H groups in total. The number of carbonyl (C=O) groups excluding carboxylic acids is 2. The number of aliphatic carboxylic acids is 1. The molecule has 1 amide bonds. The molecule has 0 spiro atoms. The average Bonchev–Trinajstić information content (AvgIpc) is 2.60. The first kappa shape index (κ1) is 20.9. The number of hydrazone groups is 1. The van der Waals surface area contributed by atoms with Crippen LogP contribution in [0.5, 0.6) is 11.5 Å². The van der Waals surface area contributed by atoms with Gasteiger partial charge in [0.05, 0.1) is 21.1 Å². The van der Waals surface area contributed by atoms with E-state index in [0.717, 1.165) is 14.5 Å². The number of benzene rings is 2. The molecule has 0 saturated carbocycles. The van der Waals surface area contributed by atoms with Crippen molar-refractivity contribution in [2.45, 2.75) is 6.92 Å². The van der Waals surface area contributed by atoms with Crippen molar-refractivity contribution in [2.75, 3.05) is 13.2 Å². The van der Waals surface area contributed by atoms with Gasteiger partial charge in [-0.25, -0.2) is 5.43 Å². The molecule has 2 aromatic rings. The number of carbonyl (C=O) groups is 2. The summed E-state index contributed by atoms with van der Waals surface area (Å²) in [5.41, 5.74) is 3.87. The molecule has 0 bridgehead atoms. The number of hydrogen-bond acceptors (Lipinski definition) is 6. The van der Waals surface area contributed by atoms with E-state index < -0.39 is 18.5 Å². The standard InChI is InChI=1S/C18H16Br2N2O5/c1-11-6-13(19)18(14(20)7-11)27-9-16(23)22-21-8-12-4-2-3-5-15(12)26-10-17(24)25/h2-8H,9-10H2,1H3,(H,22,23)(H,24,25)/p-1. The van der Waals surface area contributed by atoms with Crippen molar-refractivity contribution in [3.8, 4) is 11.5 Å². The van der Waals surface area contributed by atoms with Crippen LogP contribution in [0.1, 0.15) is 11.1 Å². The fourth-order valence-corrected chi connectivity index (χ4v) is 3.67. The Morgan fingerprint density at radius 1 is 1.15 bits per heavy atom. The summed E-state index contributed by atoms with van der Waals surface area (Å²) in [4.78, 5) is 22.4. The minimum atomic E-state index is -1.33. The maximum Gasteiger partial charge on any atom is 0.277 e. The predicted molar refractivity (Wildman–Crippen MR) is 105 cm³/mol. The first-order chi connectivity index (χ1) is 12.9. The highest BCUT2D eigenvalue weighted by molar-refractivity contribution is 9.11. The summed E-state index contributed by atoms with van der Waals surface area (Å²) in [5, 5.41) is 14.3. The van der Waals surface area contributed by atoms with E-state index in [9.17, 15) is 14.7 Å². The van der Waals surface area contributed by atoms with Crippen molar-refractivity contribution in [1.82, 2.24) is 5.43 Å². The van der Waals surface area contributed by atoms with Crippen LogP contribution in [0.25, 0.3) is 0 Å². The van der Waals surface area contributed by atoms with Gasteiger partial charge in [0.15, 0.2) is 6.61 Å². The molecule has 0 saturated heterocycles. The zero-order valence-electron chi connectivity index (χ0n) is 14.2. The monoisotopic (exact) mass is 497 g/mol. The van der Waals surface area contributed by atoms with Crippen LogP contribution in [0.3, 0.4) is 0 Å². The van der Waals surface area contributed by atoms with E-state index in [1.807, 2.05) is 19.1 Å². The summed E-state index contributed by atoms with van der Waals surface area (Å²) in [5.74, 6) is -0.969. The summed E-state index contributed by atoms with van der Waals surface area (Å²) in [6, 6.07) is 10.4. The molecule has 2 aromatic carbocycles. The Morgan fingerprint density at radius 2 is 1.81 bits per heavy atom. The van der Waals surface area contributed by atoms with Gasteiger partial charge in [-0.3, -0.25) is 4.79 Å². The van der Waals surface area contributed by atoms with Gasteiger partial charge in [0.1, 0.15) is 18.1 Å². The average molecular weight is 499 g/mol. The van der Waals surface area contributed by atoms with Crippen molar-refractivity contribution < 1.29 is 24.2 Å². The molecule has 27 heavy (non-hydrogen) atoms. The fraction of sp³-hybridized carbons (Fsp3) is 0.167. The Hall–Kier alpha value is -2.39.